The Hall–Kier alpha value is -1.06. The van der Waals surface area contributed by atoms with Crippen molar-refractivity contribution in [1.29, 1.82) is 0 Å². The molecule has 1 aromatic rings. The second-order valence-electron chi connectivity index (χ2n) is 4.90. The van der Waals surface area contributed by atoms with Crippen molar-refractivity contribution in [3.63, 3.8) is 0 Å². The van der Waals surface area contributed by atoms with Crippen molar-refractivity contribution in [2.24, 2.45) is 0 Å². The predicted octanol–water partition coefficient (Wildman–Crippen LogP) is 2.75. The molecule has 0 aromatic heterocycles. The van der Waals surface area contributed by atoms with Crippen LogP contribution in [-0.4, -0.2) is 31.4 Å². The maximum atomic E-state index is 10.1. The Morgan fingerprint density at radius 2 is 2.11 bits per heavy atom. The standard InChI is InChI=1S/C15H23NO2/c1-3-15(17)13-6-4-5-7-14(13)16(10-11-18-2)12-8-9-12/h4-7,12,15,17H,3,8-11H2,1-2H3. The van der Waals surface area contributed by atoms with E-state index in [1.54, 1.807) is 7.11 Å². The number of rotatable bonds is 7. The van der Waals surface area contributed by atoms with Gasteiger partial charge < -0.3 is 14.7 Å². The van der Waals surface area contributed by atoms with E-state index in [1.165, 1.54) is 18.5 Å². The minimum Gasteiger partial charge on any atom is -0.388 e. The Morgan fingerprint density at radius 1 is 1.39 bits per heavy atom. The lowest BCUT2D eigenvalue weighted by Crippen LogP contribution is -2.30. The van der Waals surface area contributed by atoms with Crippen molar-refractivity contribution >= 4 is 5.69 Å². The number of aliphatic hydroxyl groups excluding tert-OH is 1. The third-order valence-electron chi connectivity index (χ3n) is 3.52. The summed E-state index contributed by atoms with van der Waals surface area (Å²) in [6.07, 6.45) is 2.88. The molecule has 1 saturated carbocycles. The van der Waals surface area contributed by atoms with Gasteiger partial charge in [-0.1, -0.05) is 25.1 Å². The molecule has 3 nitrogen and oxygen atoms in total. The number of hydrogen-bond donors (Lipinski definition) is 1. The summed E-state index contributed by atoms with van der Waals surface area (Å²) >= 11 is 0. The van der Waals surface area contributed by atoms with Gasteiger partial charge >= 0.3 is 0 Å². The highest BCUT2D eigenvalue weighted by Gasteiger charge is 2.30. The summed E-state index contributed by atoms with van der Waals surface area (Å²) in [6, 6.07) is 8.82. The highest BCUT2D eigenvalue weighted by molar-refractivity contribution is 5.56. The molecule has 0 heterocycles. The van der Waals surface area contributed by atoms with Crippen molar-refractivity contribution in [1.82, 2.24) is 0 Å². The zero-order valence-electron chi connectivity index (χ0n) is 11.3. The molecule has 1 fully saturated rings. The maximum absolute atomic E-state index is 10.1. The van der Waals surface area contributed by atoms with Gasteiger partial charge in [-0.05, 0) is 25.3 Å². The quantitative estimate of drug-likeness (QED) is 0.806. The molecule has 1 atom stereocenters. The van der Waals surface area contributed by atoms with Crippen LogP contribution in [0, 0.1) is 0 Å². The van der Waals surface area contributed by atoms with Crippen LogP contribution in [0.1, 0.15) is 37.9 Å². The lowest BCUT2D eigenvalue weighted by Gasteiger charge is -2.28. The molecule has 2 rings (SSSR count). The molecule has 0 saturated heterocycles. The molecular formula is C15H23NO2. The number of ether oxygens (including phenoxy) is 1. The first kappa shape index (κ1) is 13.4. The van der Waals surface area contributed by atoms with Gasteiger partial charge in [0.15, 0.2) is 0 Å². The molecule has 100 valence electrons. The Bertz CT molecular complexity index is 377. The first-order valence-electron chi connectivity index (χ1n) is 6.80. The van der Waals surface area contributed by atoms with E-state index in [0.29, 0.717) is 6.04 Å². The molecule has 18 heavy (non-hydrogen) atoms. The van der Waals surface area contributed by atoms with Gasteiger partial charge in [0.2, 0.25) is 0 Å². The second kappa shape index (κ2) is 6.21. The lowest BCUT2D eigenvalue weighted by molar-refractivity contribution is 0.173. The first-order valence-corrected chi connectivity index (χ1v) is 6.80. The molecule has 0 bridgehead atoms. The zero-order valence-corrected chi connectivity index (χ0v) is 11.3. The van der Waals surface area contributed by atoms with Crippen molar-refractivity contribution in [3.8, 4) is 0 Å². The van der Waals surface area contributed by atoms with Crippen LogP contribution in [-0.2, 0) is 4.74 Å². The Balaban J connectivity index is 2.22. The average molecular weight is 249 g/mol. The van der Waals surface area contributed by atoms with E-state index in [9.17, 15) is 5.11 Å². The number of aliphatic hydroxyl groups is 1. The molecule has 1 aliphatic carbocycles. The molecule has 1 unspecified atom stereocenters. The topological polar surface area (TPSA) is 32.7 Å². The fourth-order valence-corrected chi connectivity index (χ4v) is 2.33. The van der Waals surface area contributed by atoms with E-state index < -0.39 is 0 Å². The molecule has 0 radical (unpaired) electrons. The molecular weight excluding hydrogens is 226 g/mol. The third-order valence-corrected chi connectivity index (χ3v) is 3.52. The number of methoxy groups -OCH3 is 1. The Morgan fingerprint density at radius 3 is 2.72 bits per heavy atom. The van der Waals surface area contributed by atoms with Gasteiger partial charge in [-0.2, -0.15) is 0 Å². The summed E-state index contributed by atoms with van der Waals surface area (Å²) in [5.41, 5.74) is 2.22. The second-order valence-corrected chi connectivity index (χ2v) is 4.90. The van der Waals surface area contributed by atoms with Crippen LogP contribution in [0.3, 0.4) is 0 Å². The molecule has 1 aromatic carbocycles. The Kier molecular flexibility index (Phi) is 4.61. The van der Waals surface area contributed by atoms with Crippen LogP contribution in [0.15, 0.2) is 24.3 Å². The van der Waals surface area contributed by atoms with E-state index in [1.807, 2.05) is 25.1 Å². The lowest BCUT2D eigenvalue weighted by atomic mass is 10.0. The summed E-state index contributed by atoms with van der Waals surface area (Å²) in [6.45, 7) is 3.64. The summed E-state index contributed by atoms with van der Waals surface area (Å²) in [5, 5.41) is 10.1. The van der Waals surface area contributed by atoms with E-state index >= 15 is 0 Å². The van der Waals surface area contributed by atoms with Crippen LogP contribution < -0.4 is 4.90 Å². The predicted molar refractivity (Wildman–Crippen MR) is 73.9 cm³/mol. The fourth-order valence-electron chi connectivity index (χ4n) is 2.33. The highest BCUT2D eigenvalue weighted by Crippen LogP contribution is 2.36. The molecule has 1 N–H and O–H groups in total. The van der Waals surface area contributed by atoms with Crippen LogP contribution in [0.2, 0.25) is 0 Å². The van der Waals surface area contributed by atoms with Crippen LogP contribution in [0.5, 0.6) is 0 Å². The van der Waals surface area contributed by atoms with Gasteiger partial charge in [-0.15, -0.1) is 0 Å². The van der Waals surface area contributed by atoms with Gasteiger partial charge in [0.1, 0.15) is 0 Å². The molecule has 3 heteroatoms. The van der Waals surface area contributed by atoms with E-state index in [0.717, 1.165) is 25.1 Å². The molecule has 1 aliphatic rings. The summed E-state index contributed by atoms with van der Waals surface area (Å²) in [5.74, 6) is 0. The van der Waals surface area contributed by atoms with Gasteiger partial charge in [-0.25, -0.2) is 0 Å². The van der Waals surface area contributed by atoms with Crippen LogP contribution in [0.4, 0.5) is 5.69 Å². The summed E-state index contributed by atoms with van der Waals surface area (Å²) in [4.78, 5) is 2.39. The van der Waals surface area contributed by atoms with Crippen LogP contribution >= 0.6 is 0 Å². The van der Waals surface area contributed by atoms with Crippen molar-refractivity contribution in [3.05, 3.63) is 29.8 Å². The fraction of sp³-hybridized carbons (Fsp3) is 0.600. The molecule has 0 aliphatic heterocycles. The number of hydrogen-bond acceptors (Lipinski definition) is 3. The third kappa shape index (κ3) is 3.03. The molecule has 0 amide bonds. The zero-order chi connectivity index (χ0) is 13.0. The summed E-state index contributed by atoms with van der Waals surface area (Å²) < 4.78 is 5.19. The first-order chi connectivity index (χ1) is 8.77. The summed E-state index contributed by atoms with van der Waals surface area (Å²) in [7, 11) is 1.73. The van der Waals surface area contributed by atoms with Crippen molar-refractivity contribution in [2.75, 3.05) is 25.2 Å². The number of anilines is 1. The van der Waals surface area contributed by atoms with Gasteiger partial charge in [0.25, 0.3) is 0 Å². The Labute approximate surface area is 109 Å². The largest absolute Gasteiger partial charge is 0.388 e. The van der Waals surface area contributed by atoms with Crippen molar-refractivity contribution in [2.45, 2.75) is 38.3 Å². The minimum absolute atomic E-state index is 0.370. The number of benzene rings is 1. The SMILES string of the molecule is CCC(O)c1ccccc1N(CCOC)C1CC1. The van der Waals surface area contributed by atoms with E-state index in [2.05, 4.69) is 11.0 Å². The normalized spacial score (nSPS) is 16.6. The van der Waals surface area contributed by atoms with Gasteiger partial charge in [0.05, 0.1) is 12.7 Å². The number of para-hydroxylation sites is 1. The van der Waals surface area contributed by atoms with Crippen molar-refractivity contribution < 1.29 is 9.84 Å². The average Bonchev–Trinajstić information content (AvgIpc) is 3.23. The monoisotopic (exact) mass is 249 g/mol. The van der Waals surface area contributed by atoms with Gasteiger partial charge in [-0.3, -0.25) is 0 Å². The maximum Gasteiger partial charge on any atom is 0.0807 e. The van der Waals surface area contributed by atoms with E-state index in [-0.39, 0.29) is 6.10 Å². The molecule has 0 spiro atoms. The smallest absolute Gasteiger partial charge is 0.0807 e. The van der Waals surface area contributed by atoms with Crippen LogP contribution in [0.25, 0.3) is 0 Å². The van der Waals surface area contributed by atoms with Gasteiger partial charge in [0, 0.05) is 30.9 Å². The van der Waals surface area contributed by atoms with E-state index in [4.69, 9.17) is 4.74 Å². The highest BCUT2D eigenvalue weighted by atomic mass is 16.5. The minimum atomic E-state index is -0.370. The number of nitrogens with zero attached hydrogens (tertiary/aromatic N) is 1.